The molecular weight excluding hydrogens is 370 g/mol. The van der Waals surface area contributed by atoms with Crippen molar-refractivity contribution in [1.29, 1.82) is 0 Å². The first-order chi connectivity index (χ1) is 13.0. The van der Waals surface area contributed by atoms with E-state index in [-0.39, 0.29) is 0 Å². The van der Waals surface area contributed by atoms with Crippen LogP contribution in [0.2, 0.25) is 5.15 Å². The van der Waals surface area contributed by atoms with E-state index in [1.165, 1.54) is 16.9 Å². The molecule has 4 aromatic heterocycles. The predicted molar refractivity (Wildman–Crippen MR) is 101 cm³/mol. The fourth-order valence-corrected chi connectivity index (χ4v) is 2.43. The van der Waals surface area contributed by atoms with Gasteiger partial charge < -0.3 is 5.32 Å². The summed E-state index contributed by atoms with van der Waals surface area (Å²) < 4.78 is 3.07. The molecule has 0 aliphatic heterocycles. The van der Waals surface area contributed by atoms with Crippen molar-refractivity contribution in [1.82, 2.24) is 29.2 Å². The predicted octanol–water partition coefficient (Wildman–Crippen LogP) is 2.56. The van der Waals surface area contributed by atoms with E-state index in [0.29, 0.717) is 39.9 Å². The summed E-state index contributed by atoms with van der Waals surface area (Å²) >= 11 is 5.64. The molecule has 27 heavy (non-hydrogen) atoms. The van der Waals surface area contributed by atoms with Crippen LogP contribution in [0.4, 0.5) is 5.82 Å². The summed E-state index contributed by atoms with van der Waals surface area (Å²) in [5.41, 5.74) is 2.01. The Morgan fingerprint density at radius 1 is 0.963 bits per heavy atom. The van der Waals surface area contributed by atoms with Crippen molar-refractivity contribution in [3.05, 3.63) is 53.2 Å². The van der Waals surface area contributed by atoms with Gasteiger partial charge in [-0.05, 0) is 26.0 Å². The van der Waals surface area contributed by atoms with Crippen LogP contribution in [0.3, 0.4) is 0 Å². The number of hydrogen-bond donors (Lipinski definition) is 1. The number of halogens is 1. The Morgan fingerprint density at radius 3 is 2.07 bits per heavy atom. The van der Waals surface area contributed by atoms with E-state index < -0.39 is 0 Å². The quantitative estimate of drug-likeness (QED) is 0.425. The number of fused-ring (bicyclic) bond motifs is 2. The Labute approximate surface area is 159 Å². The van der Waals surface area contributed by atoms with E-state index in [9.17, 15) is 9.59 Å². The van der Waals surface area contributed by atoms with Crippen LogP contribution in [0, 0.1) is 0 Å². The maximum Gasteiger partial charge on any atom is 0.167 e. The van der Waals surface area contributed by atoms with Gasteiger partial charge >= 0.3 is 0 Å². The first-order valence-electron chi connectivity index (χ1n) is 8.03. The fraction of sp³-hybridized carbons (Fsp3) is 0.176. The largest absolute Gasteiger partial charge is 0.368 e. The molecule has 4 aromatic rings. The molecule has 0 spiro atoms. The normalized spacial score (nSPS) is 10.7. The molecule has 1 N–H and O–H groups in total. The van der Waals surface area contributed by atoms with Crippen molar-refractivity contribution in [2.24, 2.45) is 0 Å². The van der Waals surface area contributed by atoms with E-state index >= 15 is 0 Å². The van der Waals surface area contributed by atoms with E-state index in [1.54, 1.807) is 23.0 Å². The first kappa shape index (κ1) is 18.5. The summed E-state index contributed by atoms with van der Waals surface area (Å²) in [6.45, 7) is 4.06. The van der Waals surface area contributed by atoms with Gasteiger partial charge in [-0.2, -0.15) is 10.2 Å². The Balaban J connectivity index is 0.000000159. The Bertz CT molecular complexity index is 1100. The molecule has 0 bridgehead atoms. The van der Waals surface area contributed by atoms with Gasteiger partial charge in [-0.1, -0.05) is 11.6 Å². The number of rotatable bonds is 4. The second kappa shape index (κ2) is 7.92. The summed E-state index contributed by atoms with van der Waals surface area (Å²) in [6.07, 6.45) is 7.85. The Kier molecular flexibility index (Phi) is 5.41. The molecule has 9 nitrogen and oxygen atoms in total. The molecule has 4 rings (SSSR count). The molecule has 10 heteroatoms. The number of carbonyl (C=O) groups excluding carboxylic acids is 2. The number of nitrogens with one attached hydrogen (secondary N) is 1. The number of hydrogen-bond acceptors (Lipinski definition) is 7. The van der Waals surface area contributed by atoms with Crippen LogP contribution in [0.25, 0.3) is 11.3 Å². The highest BCUT2D eigenvalue weighted by Crippen LogP contribution is 2.11. The van der Waals surface area contributed by atoms with Crippen LogP contribution in [-0.2, 0) is 0 Å². The molecule has 0 saturated carbocycles. The molecule has 0 amide bonds. The molecule has 0 fully saturated rings. The average Bonchev–Trinajstić information content (AvgIpc) is 3.24. The van der Waals surface area contributed by atoms with Gasteiger partial charge in [-0.15, -0.1) is 0 Å². The summed E-state index contributed by atoms with van der Waals surface area (Å²) in [4.78, 5) is 29.4. The molecule has 0 aliphatic carbocycles. The Morgan fingerprint density at radius 2 is 1.52 bits per heavy atom. The minimum absolute atomic E-state index is 0.308. The molecule has 138 valence electrons. The van der Waals surface area contributed by atoms with Crippen molar-refractivity contribution in [2.45, 2.75) is 19.9 Å². The fourth-order valence-electron chi connectivity index (χ4n) is 2.29. The summed E-state index contributed by atoms with van der Waals surface area (Å²) in [6, 6.07) is 3.74. The maximum atomic E-state index is 10.7. The zero-order valence-electron chi connectivity index (χ0n) is 14.6. The maximum absolute atomic E-state index is 10.7. The second-order valence-electron chi connectivity index (χ2n) is 5.83. The molecule has 0 atom stereocenters. The second-order valence-corrected chi connectivity index (χ2v) is 6.22. The van der Waals surface area contributed by atoms with Gasteiger partial charge in [-0.25, -0.2) is 19.0 Å². The highest BCUT2D eigenvalue weighted by molar-refractivity contribution is 6.29. The Hall–Kier alpha value is -3.33. The van der Waals surface area contributed by atoms with Gasteiger partial charge in [0.25, 0.3) is 0 Å². The van der Waals surface area contributed by atoms with Crippen molar-refractivity contribution >= 4 is 41.3 Å². The first-order valence-corrected chi connectivity index (χ1v) is 8.40. The van der Waals surface area contributed by atoms with Crippen LogP contribution in [0.15, 0.2) is 36.9 Å². The molecule has 4 heterocycles. The molecule has 0 aromatic carbocycles. The summed E-state index contributed by atoms with van der Waals surface area (Å²) in [5.74, 6) is 0.751. The highest BCUT2D eigenvalue weighted by Gasteiger charge is 2.06. The number of aldehydes is 2. The van der Waals surface area contributed by atoms with Crippen molar-refractivity contribution < 1.29 is 9.59 Å². The molecule has 0 radical (unpaired) electrons. The SMILES string of the molecule is CC(C)Nc1ccn2ncc(C=O)c2n1.O=Cc1cnn2ccc(Cl)nc12. The lowest BCUT2D eigenvalue weighted by Crippen LogP contribution is -2.11. The highest BCUT2D eigenvalue weighted by atomic mass is 35.5. The third-order valence-electron chi connectivity index (χ3n) is 3.45. The van der Waals surface area contributed by atoms with E-state index in [2.05, 4.69) is 25.5 Å². The van der Waals surface area contributed by atoms with Gasteiger partial charge in [-0.3, -0.25) is 9.59 Å². The van der Waals surface area contributed by atoms with Crippen LogP contribution < -0.4 is 5.32 Å². The molecule has 0 aliphatic rings. The molecular formula is C17H16ClN7O2. The summed E-state index contributed by atoms with van der Waals surface area (Å²) in [5, 5.41) is 11.4. The smallest absolute Gasteiger partial charge is 0.167 e. The zero-order valence-corrected chi connectivity index (χ0v) is 15.3. The van der Waals surface area contributed by atoms with Gasteiger partial charge in [0.2, 0.25) is 0 Å². The minimum Gasteiger partial charge on any atom is -0.368 e. The van der Waals surface area contributed by atoms with Crippen molar-refractivity contribution in [2.75, 3.05) is 5.32 Å². The van der Waals surface area contributed by atoms with Gasteiger partial charge in [0.15, 0.2) is 23.9 Å². The van der Waals surface area contributed by atoms with Gasteiger partial charge in [0, 0.05) is 18.4 Å². The number of anilines is 1. The topological polar surface area (TPSA) is 107 Å². The third-order valence-corrected chi connectivity index (χ3v) is 3.66. The third kappa shape index (κ3) is 4.09. The number of carbonyl (C=O) groups is 2. The van der Waals surface area contributed by atoms with Gasteiger partial charge in [0.05, 0.1) is 23.5 Å². The lowest BCUT2D eigenvalue weighted by Gasteiger charge is -2.08. The minimum atomic E-state index is 0.308. The molecule has 0 saturated heterocycles. The van der Waals surface area contributed by atoms with E-state index in [0.717, 1.165) is 12.1 Å². The van der Waals surface area contributed by atoms with Crippen LogP contribution in [-0.4, -0.2) is 47.8 Å². The van der Waals surface area contributed by atoms with Crippen LogP contribution >= 0.6 is 11.6 Å². The monoisotopic (exact) mass is 385 g/mol. The average molecular weight is 386 g/mol. The van der Waals surface area contributed by atoms with E-state index in [4.69, 9.17) is 11.6 Å². The standard InChI is InChI=1S/C10H12N4O.C7H4ClN3O/c1-7(2)12-9-3-4-14-10(13-9)8(6-15)5-11-14;8-6-1-2-11-7(10-6)5(4-12)3-9-11/h3-7H,1-2H3,(H,12,13);1-4H. The van der Waals surface area contributed by atoms with Crippen LogP contribution in [0.5, 0.6) is 0 Å². The van der Waals surface area contributed by atoms with Crippen LogP contribution in [0.1, 0.15) is 34.6 Å². The van der Waals surface area contributed by atoms with Gasteiger partial charge in [0.1, 0.15) is 11.0 Å². The lowest BCUT2D eigenvalue weighted by atomic mass is 10.3. The summed E-state index contributed by atoms with van der Waals surface area (Å²) in [7, 11) is 0. The van der Waals surface area contributed by atoms with Crippen molar-refractivity contribution in [3.8, 4) is 0 Å². The number of aromatic nitrogens is 6. The van der Waals surface area contributed by atoms with E-state index in [1.807, 2.05) is 19.9 Å². The lowest BCUT2D eigenvalue weighted by molar-refractivity contribution is 0.111. The van der Waals surface area contributed by atoms with Crippen molar-refractivity contribution in [3.63, 3.8) is 0 Å². The zero-order chi connectivity index (χ0) is 19.4. The number of nitrogens with zero attached hydrogens (tertiary/aromatic N) is 6. The molecule has 0 unspecified atom stereocenters.